The third kappa shape index (κ3) is 6.09. The van der Waals surface area contributed by atoms with Crippen LogP contribution in [0.5, 0.6) is 5.75 Å². The van der Waals surface area contributed by atoms with E-state index in [-0.39, 0.29) is 29.6 Å². The Labute approximate surface area is 178 Å². The largest absolute Gasteiger partial charge is 0.488 e. The van der Waals surface area contributed by atoms with Crippen LogP contribution in [0.25, 0.3) is 0 Å². The Balaban J connectivity index is 2.38. The molecule has 0 fully saturated rings. The highest BCUT2D eigenvalue weighted by atomic mass is 28.4. The monoisotopic (exact) mass is 440 g/mol. The summed E-state index contributed by atoms with van der Waals surface area (Å²) in [5.74, 6) is -0.344. The summed E-state index contributed by atoms with van der Waals surface area (Å²) in [6, 6.07) is 11.5. The zero-order valence-corrected chi connectivity index (χ0v) is 19.4. The number of hydrogen-bond donors (Lipinski definition) is 1. The van der Waals surface area contributed by atoms with Crippen molar-refractivity contribution in [2.75, 3.05) is 6.61 Å². The predicted molar refractivity (Wildman–Crippen MR) is 115 cm³/mol. The Morgan fingerprint density at radius 1 is 1.03 bits per heavy atom. The molecule has 3 nitrogen and oxygen atoms in total. The predicted octanol–water partition coefficient (Wildman–Crippen LogP) is 6.65. The second kappa shape index (κ2) is 9.12. The van der Waals surface area contributed by atoms with E-state index in [1.54, 1.807) is 31.2 Å². The van der Waals surface area contributed by atoms with E-state index in [0.29, 0.717) is 5.56 Å². The molecule has 0 spiro atoms. The lowest BCUT2D eigenvalue weighted by atomic mass is 10.0. The van der Waals surface area contributed by atoms with Gasteiger partial charge in [0.15, 0.2) is 8.32 Å². The summed E-state index contributed by atoms with van der Waals surface area (Å²) < 4.78 is 52.9. The lowest BCUT2D eigenvalue weighted by Crippen LogP contribution is -2.41. The van der Waals surface area contributed by atoms with Gasteiger partial charge in [-0.25, -0.2) is 0 Å². The van der Waals surface area contributed by atoms with E-state index in [9.17, 15) is 18.3 Å². The van der Waals surface area contributed by atoms with E-state index in [1.807, 2.05) is 19.2 Å². The summed E-state index contributed by atoms with van der Waals surface area (Å²) in [5.41, 5.74) is 0.344. The summed E-state index contributed by atoms with van der Waals surface area (Å²) in [5, 5.41) is 10.7. The molecule has 0 aliphatic rings. The van der Waals surface area contributed by atoms with Gasteiger partial charge in [-0.3, -0.25) is 0 Å². The maximum absolute atomic E-state index is 13.7. The molecule has 1 unspecified atom stereocenters. The zero-order valence-electron chi connectivity index (χ0n) is 18.4. The molecule has 0 amide bonds. The minimum absolute atomic E-state index is 0.0320. The number of ether oxygens (including phenoxy) is 1. The van der Waals surface area contributed by atoms with E-state index in [2.05, 4.69) is 20.8 Å². The highest BCUT2D eigenvalue weighted by Crippen LogP contribution is 2.42. The van der Waals surface area contributed by atoms with Gasteiger partial charge in [0.05, 0.1) is 12.2 Å². The van der Waals surface area contributed by atoms with Crippen LogP contribution in [-0.2, 0) is 17.2 Å². The second-order valence-electron chi connectivity index (χ2n) is 9.09. The fourth-order valence-corrected chi connectivity index (χ4v) is 3.75. The molecular formula is C23H31F3O3Si. The van der Waals surface area contributed by atoms with Gasteiger partial charge in [0.25, 0.3) is 0 Å². The first-order valence-corrected chi connectivity index (χ1v) is 12.8. The lowest BCUT2D eigenvalue weighted by molar-refractivity contribution is -0.139. The van der Waals surface area contributed by atoms with E-state index in [4.69, 9.17) is 9.16 Å². The van der Waals surface area contributed by atoms with Gasteiger partial charge in [-0.1, -0.05) is 51.1 Å². The summed E-state index contributed by atoms with van der Waals surface area (Å²) >= 11 is 0. The van der Waals surface area contributed by atoms with Gasteiger partial charge in [-0.15, -0.1) is 0 Å². The number of rotatable bonds is 7. The molecule has 0 bridgehead atoms. The van der Waals surface area contributed by atoms with Gasteiger partial charge in [-0.05, 0) is 48.3 Å². The Morgan fingerprint density at radius 2 is 1.63 bits per heavy atom. The number of aryl methyl sites for hydroxylation is 1. The van der Waals surface area contributed by atoms with E-state index in [0.717, 1.165) is 11.6 Å². The van der Waals surface area contributed by atoms with Crippen molar-refractivity contribution < 1.29 is 27.4 Å². The third-order valence-electron chi connectivity index (χ3n) is 5.56. The fourth-order valence-electron chi connectivity index (χ4n) is 2.74. The molecule has 0 radical (unpaired) electrons. The molecule has 0 aromatic heterocycles. The molecule has 0 heterocycles. The second-order valence-corrected chi connectivity index (χ2v) is 13.9. The Bertz CT molecular complexity index is 843. The molecular weight excluding hydrogens is 409 g/mol. The summed E-state index contributed by atoms with van der Waals surface area (Å²) in [6.07, 6.45) is -5.84. The van der Waals surface area contributed by atoms with Crippen LogP contribution in [-0.4, -0.2) is 20.0 Å². The van der Waals surface area contributed by atoms with Crippen molar-refractivity contribution in [3.63, 3.8) is 0 Å². The van der Waals surface area contributed by atoms with Gasteiger partial charge in [0.2, 0.25) is 0 Å². The van der Waals surface area contributed by atoms with Crippen molar-refractivity contribution in [3.05, 3.63) is 64.7 Å². The van der Waals surface area contributed by atoms with E-state index >= 15 is 0 Å². The normalized spacial score (nSPS) is 13.9. The number of hydrogen-bond acceptors (Lipinski definition) is 3. The van der Waals surface area contributed by atoms with Gasteiger partial charge < -0.3 is 14.3 Å². The summed E-state index contributed by atoms with van der Waals surface area (Å²) in [4.78, 5) is 0. The van der Waals surface area contributed by atoms with Crippen LogP contribution in [0, 0.1) is 6.92 Å². The van der Waals surface area contributed by atoms with Crippen molar-refractivity contribution in [1.82, 2.24) is 0 Å². The van der Waals surface area contributed by atoms with Crippen molar-refractivity contribution in [1.29, 1.82) is 0 Å². The maximum Gasteiger partial charge on any atom is 0.419 e. The average molecular weight is 441 g/mol. The first kappa shape index (κ1) is 24.4. The third-order valence-corrected chi connectivity index (χ3v) is 10.1. The van der Waals surface area contributed by atoms with Crippen LogP contribution in [0.15, 0.2) is 42.5 Å². The van der Waals surface area contributed by atoms with Crippen LogP contribution in [0.4, 0.5) is 13.2 Å². The molecule has 0 saturated carbocycles. The molecule has 1 atom stereocenters. The average Bonchev–Trinajstić information content (AvgIpc) is 2.63. The van der Waals surface area contributed by atoms with Gasteiger partial charge in [0, 0.05) is 5.56 Å². The quantitative estimate of drug-likeness (QED) is 0.490. The topological polar surface area (TPSA) is 38.7 Å². The minimum atomic E-state index is -4.60. The van der Waals surface area contributed by atoms with Crippen molar-refractivity contribution in [3.8, 4) is 5.75 Å². The van der Waals surface area contributed by atoms with Crippen molar-refractivity contribution >= 4 is 8.32 Å². The SMILES string of the molecule is Cc1cc(C(O)CO[Si](C)(C)C(C)(C)C)c(OCc2ccccc2)c(C(F)(F)F)c1. The van der Waals surface area contributed by atoms with E-state index < -0.39 is 26.2 Å². The number of aliphatic hydroxyl groups is 1. The first-order valence-electron chi connectivity index (χ1n) is 9.93. The molecule has 0 saturated heterocycles. The zero-order chi connectivity index (χ0) is 22.7. The Morgan fingerprint density at radius 3 is 2.17 bits per heavy atom. The first-order chi connectivity index (χ1) is 13.7. The Kier molecular flexibility index (Phi) is 7.43. The molecule has 166 valence electrons. The molecule has 2 rings (SSSR count). The number of aliphatic hydroxyl groups excluding tert-OH is 1. The standard InChI is InChI=1S/C23H31F3O3Si/c1-16-12-18(20(27)15-29-30(5,6)22(2,3)4)21(19(13-16)23(24,25)26)28-14-17-10-8-7-9-11-17/h7-13,20,27H,14-15H2,1-6H3. The molecule has 30 heavy (non-hydrogen) atoms. The smallest absolute Gasteiger partial charge is 0.419 e. The minimum Gasteiger partial charge on any atom is -0.488 e. The van der Waals surface area contributed by atoms with Gasteiger partial charge in [-0.2, -0.15) is 13.2 Å². The molecule has 0 aliphatic heterocycles. The van der Waals surface area contributed by atoms with Gasteiger partial charge >= 0.3 is 6.18 Å². The molecule has 1 N–H and O–H groups in total. The highest BCUT2D eigenvalue weighted by molar-refractivity contribution is 6.74. The molecule has 7 heteroatoms. The van der Waals surface area contributed by atoms with Gasteiger partial charge in [0.1, 0.15) is 18.5 Å². The van der Waals surface area contributed by atoms with E-state index in [1.165, 1.54) is 6.07 Å². The fraction of sp³-hybridized carbons (Fsp3) is 0.478. The van der Waals surface area contributed by atoms with Crippen LogP contribution in [0.1, 0.15) is 49.1 Å². The maximum atomic E-state index is 13.7. The summed E-state index contributed by atoms with van der Waals surface area (Å²) in [6.45, 7) is 11.7. The van der Waals surface area contributed by atoms with Crippen LogP contribution >= 0.6 is 0 Å². The van der Waals surface area contributed by atoms with Crippen molar-refractivity contribution in [2.24, 2.45) is 0 Å². The van der Waals surface area contributed by atoms with Crippen molar-refractivity contribution in [2.45, 2.75) is 64.7 Å². The van der Waals surface area contributed by atoms with Crippen LogP contribution < -0.4 is 4.74 Å². The number of halogens is 3. The lowest BCUT2D eigenvalue weighted by Gasteiger charge is -2.37. The Hall–Kier alpha value is -1.83. The van der Waals surface area contributed by atoms with Crippen LogP contribution in [0.3, 0.4) is 0 Å². The number of alkyl halides is 3. The molecule has 0 aliphatic carbocycles. The van der Waals surface area contributed by atoms with Crippen LogP contribution in [0.2, 0.25) is 18.1 Å². The molecule has 2 aromatic rings. The highest BCUT2D eigenvalue weighted by Gasteiger charge is 2.39. The summed E-state index contributed by atoms with van der Waals surface area (Å²) in [7, 11) is -2.18. The number of benzene rings is 2. The molecule has 2 aromatic carbocycles.